The van der Waals surface area contributed by atoms with Gasteiger partial charge in [0.15, 0.2) is 0 Å². The predicted octanol–water partition coefficient (Wildman–Crippen LogP) is 3.23. The SMILES string of the molecule is CCCCOc1ccc(/C(C)=C/CN)cc1. The van der Waals surface area contributed by atoms with Crippen molar-refractivity contribution in [3.05, 3.63) is 35.9 Å². The highest BCUT2D eigenvalue weighted by molar-refractivity contribution is 5.64. The molecule has 0 unspecified atom stereocenters. The van der Waals surface area contributed by atoms with E-state index in [-0.39, 0.29) is 0 Å². The van der Waals surface area contributed by atoms with Gasteiger partial charge in [-0.05, 0) is 36.6 Å². The third-order valence-electron chi connectivity index (χ3n) is 2.50. The van der Waals surface area contributed by atoms with Crippen molar-refractivity contribution in [3.8, 4) is 5.75 Å². The molecule has 0 bridgehead atoms. The Labute approximate surface area is 98.1 Å². The summed E-state index contributed by atoms with van der Waals surface area (Å²) >= 11 is 0. The van der Waals surface area contributed by atoms with Crippen molar-refractivity contribution >= 4 is 5.57 Å². The molecule has 0 heterocycles. The number of nitrogens with two attached hydrogens (primary N) is 1. The van der Waals surface area contributed by atoms with Gasteiger partial charge in [0.25, 0.3) is 0 Å². The van der Waals surface area contributed by atoms with Crippen molar-refractivity contribution in [3.63, 3.8) is 0 Å². The van der Waals surface area contributed by atoms with Gasteiger partial charge >= 0.3 is 0 Å². The average Bonchev–Trinajstić information content (AvgIpc) is 2.30. The number of benzene rings is 1. The van der Waals surface area contributed by atoms with E-state index in [1.165, 1.54) is 11.1 Å². The third-order valence-corrected chi connectivity index (χ3v) is 2.50. The highest BCUT2D eigenvalue weighted by Crippen LogP contribution is 2.18. The number of hydrogen-bond donors (Lipinski definition) is 1. The minimum atomic E-state index is 0.584. The Morgan fingerprint density at radius 2 is 2.00 bits per heavy atom. The molecule has 0 aliphatic carbocycles. The van der Waals surface area contributed by atoms with Crippen LogP contribution in [0.25, 0.3) is 5.57 Å². The number of rotatable bonds is 6. The van der Waals surface area contributed by atoms with Gasteiger partial charge in [0.2, 0.25) is 0 Å². The van der Waals surface area contributed by atoms with E-state index in [2.05, 4.69) is 26.0 Å². The lowest BCUT2D eigenvalue weighted by Gasteiger charge is -2.06. The molecule has 0 fully saturated rings. The zero-order valence-corrected chi connectivity index (χ0v) is 10.2. The van der Waals surface area contributed by atoms with Gasteiger partial charge in [-0.2, -0.15) is 0 Å². The van der Waals surface area contributed by atoms with E-state index in [9.17, 15) is 0 Å². The zero-order valence-electron chi connectivity index (χ0n) is 10.2. The first-order valence-corrected chi connectivity index (χ1v) is 5.88. The normalized spacial score (nSPS) is 11.6. The van der Waals surface area contributed by atoms with Crippen LogP contribution in [0.15, 0.2) is 30.3 Å². The first-order chi connectivity index (χ1) is 7.77. The Hall–Kier alpha value is -1.28. The molecule has 0 saturated heterocycles. The first-order valence-electron chi connectivity index (χ1n) is 5.88. The van der Waals surface area contributed by atoms with Gasteiger partial charge in [-0.3, -0.25) is 0 Å². The summed E-state index contributed by atoms with van der Waals surface area (Å²) in [5.41, 5.74) is 7.89. The molecule has 2 heteroatoms. The Morgan fingerprint density at radius 1 is 1.31 bits per heavy atom. The molecule has 0 aliphatic heterocycles. The summed E-state index contributed by atoms with van der Waals surface area (Å²) in [6.07, 6.45) is 4.29. The largest absolute Gasteiger partial charge is 0.494 e. The smallest absolute Gasteiger partial charge is 0.119 e. The Bertz CT molecular complexity index is 327. The molecule has 0 radical (unpaired) electrons. The quantitative estimate of drug-likeness (QED) is 0.745. The zero-order chi connectivity index (χ0) is 11.8. The first kappa shape index (κ1) is 12.8. The molecule has 0 amide bonds. The van der Waals surface area contributed by atoms with Gasteiger partial charge < -0.3 is 10.5 Å². The van der Waals surface area contributed by atoms with Crippen molar-refractivity contribution in [2.75, 3.05) is 13.2 Å². The number of ether oxygens (including phenoxy) is 1. The maximum Gasteiger partial charge on any atom is 0.119 e. The van der Waals surface area contributed by atoms with Crippen molar-refractivity contribution in [1.82, 2.24) is 0 Å². The fraction of sp³-hybridized carbons (Fsp3) is 0.429. The maximum absolute atomic E-state index is 5.60. The molecule has 0 spiro atoms. The van der Waals surface area contributed by atoms with E-state index in [4.69, 9.17) is 10.5 Å². The van der Waals surface area contributed by atoms with Crippen molar-refractivity contribution < 1.29 is 4.74 Å². The van der Waals surface area contributed by atoms with Gasteiger partial charge in [0.05, 0.1) is 6.61 Å². The second kappa shape index (κ2) is 7.07. The summed E-state index contributed by atoms with van der Waals surface area (Å²) in [5.74, 6) is 0.942. The van der Waals surface area contributed by atoms with Crippen molar-refractivity contribution in [2.45, 2.75) is 26.7 Å². The molecule has 1 aromatic rings. The van der Waals surface area contributed by atoms with Crippen molar-refractivity contribution in [2.24, 2.45) is 5.73 Å². The molecule has 0 aliphatic rings. The van der Waals surface area contributed by atoms with E-state index in [0.29, 0.717) is 6.54 Å². The second-order valence-electron chi connectivity index (χ2n) is 3.85. The Balaban J connectivity index is 2.57. The topological polar surface area (TPSA) is 35.2 Å². The minimum absolute atomic E-state index is 0.584. The molecular formula is C14H21NO. The summed E-state index contributed by atoms with van der Waals surface area (Å²) in [6.45, 7) is 5.61. The minimum Gasteiger partial charge on any atom is -0.494 e. The van der Waals surface area contributed by atoms with Crippen molar-refractivity contribution in [1.29, 1.82) is 0 Å². The fourth-order valence-electron chi connectivity index (χ4n) is 1.44. The van der Waals surface area contributed by atoms with Gasteiger partial charge in [0.1, 0.15) is 5.75 Å². The molecule has 16 heavy (non-hydrogen) atoms. The van der Waals surface area contributed by atoms with Crippen LogP contribution in [0.5, 0.6) is 5.75 Å². The van der Waals surface area contributed by atoms with E-state index >= 15 is 0 Å². The molecular weight excluding hydrogens is 198 g/mol. The van der Waals surface area contributed by atoms with E-state index in [1.54, 1.807) is 0 Å². The van der Waals surface area contributed by atoms with Crippen LogP contribution >= 0.6 is 0 Å². The van der Waals surface area contributed by atoms with Crippen LogP contribution in [0.1, 0.15) is 32.3 Å². The van der Waals surface area contributed by atoms with Crippen LogP contribution < -0.4 is 10.5 Å². The second-order valence-corrected chi connectivity index (χ2v) is 3.85. The van der Waals surface area contributed by atoms with E-state index < -0.39 is 0 Å². The Kier molecular flexibility index (Phi) is 5.65. The Morgan fingerprint density at radius 3 is 2.56 bits per heavy atom. The molecule has 1 aromatic carbocycles. The predicted molar refractivity (Wildman–Crippen MR) is 69.6 cm³/mol. The number of hydrogen-bond acceptors (Lipinski definition) is 2. The molecule has 0 saturated carbocycles. The average molecular weight is 219 g/mol. The van der Waals surface area contributed by atoms with E-state index in [0.717, 1.165) is 25.2 Å². The molecule has 0 aromatic heterocycles. The van der Waals surface area contributed by atoms with Crippen LogP contribution in [0.3, 0.4) is 0 Å². The van der Waals surface area contributed by atoms with Gasteiger partial charge in [-0.25, -0.2) is 0 Å². The van der Waals surface area contributed by atoms with Crippen LogP contribution in [0.4, 0.5) is 0 Å². The van der Waals surface area contributed by atoms with Crippen LogP contribution in [0.2, 0.25) is 0 Å². The fourth-order valence-corrected chi connectivity index (χ4v) is 1.44. The molecule has 88 valence electrons. The monoisotopic (exact) mass is 219 g/mol. The summed E-state index contributed by atoms with van der Waals surface area (Å²) < 4.78 is 5.60. The third kappa shape index (κ3) is 4.07. The maximum atomic E-state index is 5.60. The lowest BCUT2D eigenvalue weighted by atomic mass is 10.1. The summed E-state index contributed by atoms with van der Waals surface area (Å²) in [4.78, 5) is 0. The van der Waals surface area contributed by atoms with Gasteiger partial charge in [0, 0.05) is 6.54 Å². The summed E-state index contributed by atoms with van der Waals surface area (Å²) in [5, 5.41) is 0. The van der Waals surface area contributed by atoms with Crippen LogP contribution in [-0.4, -0.2) is 13.2 Å². The summed E-state index contributed by atoms with van der Waals surface area (Å²) in [6, 6.07) is 8.17. The lowest BCUT2D eigenvalue weighted by Crippen LogP contribution is -1.97. The standard InChI is InChI=1S/C14H21NO/c1-3-4-11-16-14-7-5-13(6-8-14)12(2)9-10-15/h5-9H,3-4,10-11,15H2,1-2H3/b12-9+. The molecule has 2 N–H and O–H groups in total. The lowest BCUT2D eigenvalue weighted by molar-refractivity contribution is 0.309. The van der Waals surface area contributed by atoms with Gasteiger partial charge in [-0.1, -0.05) is 31.6 Å². The van der Waals surface area contributed by atoms with Crippen LogP contribution in [0, 0.1) is 0 Å². The van der Waals surface area contributed by atoms with Crippen LogP contribution in [-0.2, 0) is 0 Å². The molecule has 0 atom stereocenters. The number of unbranched alkanes of at least 4 members (excludes halogenated alkanes) is 1. The highest BCUT2D eigenvalue weighted by Gasteiger charge is 1.96. The summed E-state index contributed by atoms with van der Waals surface area (Å²) in [7, 11) is 0. The molecule has 1 rings (SSSR count). The number of allylic oxidation sites excluding steroid dienone is 1. The van der Waals surface area contributed by atoms with Gasteiger partial charge in [-0.15, -0.1) is 0 Å². The van der Waals surface area contributed by atoms with E-state index in [1.807, 2.05) is 18.2 Å². The molecule has 2 nitrogen and oxygen atoms in total. The highest BCUT2D eigenvalue weighted by atomic mass is 16.5.